The van der Waals surface area contributed by atoms with Gasteiger partial charge in [-0.2, -0.15) is 13.9 Å². The highest BCUT2D eigenvalue weighted by Crippen LogP contribution is 2.54. The number of hydrogen-bond acceptors (Lipinski definition) is 9. The molecule has 1 aliphatic rings. The van der Waals surface area contributed by atoms with Crippen molar-refractivity contribution in [2.24, 2.45) is 0 Å². The Labute approximate surface area is 241 Å². The Hall–Kier alpha value is -3.56. The lowest BCUT2D eigenvalue weighted by molar-refractivity contribution is -0.242. The average Bonchev–Trinajstić information content (AvgIpc) is 3.13. The van der Waals surface area contributed by atoms with Crippen molar-refractivity contribution >= 4 is 24.5 Å². The Bertz CT molecular complexity index is 1640. The van der Waals surface area contributed by atoms with Crippen LogP contribution in [0.1, 0.15) is 27.0 Å². The summed E-state index contributed by atoms with van der Waals surface area (Å²) in [5.41, 5.74) is -6.23. The highest BCUT2D eigenvalue weighted by Gasteiger charge is 2.74. The van der Waals surface area contributed by atoms with Gasteiger partial charge in [0, 0.05) is 17.6 Å². The third kappa shape index (κ3) is 6.38. The van der Waals surface area contributed by atoms with E-state index in [0.717, 1.165) is 6.07 Å². The van der Waals surface area contributed by atoms with Crippen LogP contribution >= 0.6 is 7.75 Å². The number of rotatable bonds is 11. The van der Waals surface area contributed by atoms with Crippen molar-refractivity contribution in [3.8, 4) is 5.75 Å². The van der Waals surface area contributed by atoms with Gasteiger partial charge < -0.3 is 19.1 Å². The quantitative estimate of drug-likeness (QED) is 0.163. The molecule has 1 aromatic heterocycles. The number of halogens is 4. The van der Waals surface area contributed by atoms with Crippen molar-refractivity contribution < 1.29 is 50.5 Å². The van der Waals surface area contributed by atoms with Crippen LogP contribution in [0.3, 0.4) is 0 Å². The van der Waals surface area contributed by atoms with Gasteiger partial charge in [-0.25, -0.2) is 18.1 Å². The Morgan fingerprint density at radius 3 is 2.47 bits per heavy atom. The zero-order chi connectivity index (χ0) is 31.7. The summed E-state index contributed by atoms with van der Waals surface area (Å²) < 4.78 is 94.9. The molecule has 1 fully saturated rings. The first kappa shape index (κ1) is 32.4. The van der Waals surface area contributed by atoms with Crippen molar-refractivity contribution in [1.29, 1.82) is 0 Å². The van der Waals surface area contributed by atoms with E-state index in [1.165, 1.54) is 32.9 Å². The molecule has 0 aliphatic carbocycles. The van der Waals surface area contributed by atoms with Crippen molar-refractivity contribution in [2.75, 3.05) is 6.61 Å². The van der Waals surface area contributed by atoms with E-state index in [-0.39, 0.29) is 5.75 Å². The predicted octanol–water partition coefficient (Wildman–Crippen LogP) is 3.35. The molecule has 2 aromatic carbocycles. The van der Waals surface area contributed by atoms with Gasteiger partial charge in [0.2, 0.25) is 5.60 Å². The molecule has 0 spiro atoms. The second-order valence-corrected chi connectivity index (χ2v) is 11.7. The highest BCUT2D eigenvalue weighted by molar-refractivity contribution is 7.52. The van der Waals surface area contributed by atoms with Crippen LogP contribution in [0.4, 0.5) is 17.6 Å². The first-order valence-corrected chi connectivity index (χ1v) is 14.4. The van der Waals surface area contributed by atoms with Crippen molar-refractivity contribution in [2.45, 2.75) is 63.2 Å². The second kappa shape index (κ2) is 12.2. The third-order valence-electron chi connectivity index (χ3n) is 6.49. The number of benzene rings is 2. The van der Waals surface area contributed by atoms with Gasteiger partial charge in [0.25, 0.3) is 12.0 Å². The van der Waals surface area contributed by atoms with Crippen LogP contribution in [0.15, 0.2) is 64.3 Å². The molecule has 3 N–H and O–H groups in total. The normalized spacial score (nSPS) is 23.8. The Balaban J connectivity index is 1.72. The molecule has 5 unspecified atom stereocenters. The average molecular weight is 633 g/mol. The number of carbonyl (C=O) groups is 1. The van der Waals surface area contributed by atoms with Gasteiger partial charge in [-0.1, -0.05) is 36.4 Å². The fourth-order valence-corrected chi connectivity index (χ4v) is 5.85. The molecule has 5 atom stereocenters. The number of aromatic nitrogens is 2. The lowest BCUT2D eigenvalue weighted by atomic mass is 9.95. The van der Waals surface area contributed by atoms with Crippen LogP contribution in [-0.2, 0) is 23.4 Å². The molecule has 17 heteroatoms. The summed E-state index contributed by atoms with van der Waals surface area (Å²) in [5.74, 6) is -5.87. The summed E-state index contributed by atoms with van der Waals surface area (Å²) in [4.78, 5) is 37.8. The van der Waals surface area contributed by atoms with Crippen LogP contribution in [0.2, 0.25) is 0 Å². The number of aliphatic hydroxyl groups is 1. The predicted molar refractivity (Wildman–Crippen MR) is 143 cm³/mol. The van der Waals surface area contributed by atoms with E-state index < -0.39 is 74.0 Å². The maximum atomic E-state index is 15.5. The topological polar surface area (TPSA) is 158 Å². The van der Waals surface area contributed by atoms with E-state index in [0.29, 0.717) is 21.5 Å². The van der Waals surface area contributed by atoms with Gasteiger partial charge in [0.05, 0.1) is 12.7 Å². The molecular weight excluding hydrogens is 605 g/mol. The zero-order valence-corrected chi connectivity index (χ0v) is 23.8. The molecule has 1 saturated heterocycles. The number of carbonyl (C=O) groups excluding carboxylic acids is 1. The van der Waals surface area contributed by atoms with Crippen LogP contribution in [-0.4, -0.2) is 63.4 Å². The maximum absolute atomic E-state index is 15.5. The van der Waals surface area contributed by atoms with Crippen LogP contribution in [0.25, 0.3) is 10.8 Å². The Morgan fingerprint density at radius 1 is 1.14 bits per heavy atom. The molecular formula is C26H28F4N3O9P. The molecule has 4 rings (SSSR count). The smallest absolute Gasteiger partial charge is 0.459 e. The van der Waals surface area contributed by atoms with E-state index in [4.69, 9.17) is 18.5 Å². The largest absolute Gasteiger partial charge is 0.462 e. The highest BCUT2D eigenvalue weighted by atomic mass is 31.2. The molecule has 0 saturated carbocycles. The van der Waals surface area contributed by atoms with Gasteiger partial charge in [0.15, 0.2) is 12.3 Å². The third-order valence-corrected chi connectivity index (χ3v) is 8.10. The molecule has 43 heavy (non-hydrogen) atoms. The number of alkyl halides is 4. The number of hydrogen-bond donors (Lipinski definition) is 3. The number of aliphatic hydroxyl groups excluding tert-OH is 1. The summed E-state index contributed by atoms with van der Waals surface area (Å²) >= 11 is 0. The van der Waals surface area contributed by atoms with Crippen LogP contribution in [0, 0.1) is 0 Å². The number of fused-ring (bicyclic) bond motifs is 1. The minimum Gasteiger partial charge on any atom is -0.462 e. The number of esters is 1. The first-order valence-electron chi connectivity index (χ1n) is 12.8. The molecule has 0 bridgehead atoms. The number of H-pyrrole nitrogens is 1. The minimum absolute atomic E-state index is 0.110. The summed E-state index contributed by atoms with van der Waals surface area (Å²) in [7, 11) is -5.01. The number of nitrogens with zero attached hydrogens (tertiary/aromatic N) is 1. The van der Waals surface area contributed by atoms with Crippen molar-refractivity contribution in [3.05, 3.63) is 75.6 Å². The molecule has 1 aliphatic heterocycles. The standard InChI is InChI=1S/C26H28F4N3O9P/c1-14(2)40-22(36)15(3)32-43(38,42-18-10-6-8-16-7-4-5-9-17(16)18)39-13-25(23(27)28)26(29,30)20(35)21(41-25)33-12-11-19(34)31-24(33)37/h4-12,14-15,20-21,23,35H,13H2,1-3H3,(H,32,38)(H,31,34,37). The number of nitrogens with one attached hydrogen (secondary N) is 2. The second-order valence-electron chi connectivity index (χ2n) is 9.96. The lowest BCUT2D eigenvalue weighted by Crippen LogP contribution is -2.57. The molecule has 12 nitrogen and oxygen atoms in total. The minimum atomic E-state index is -5.01. The van der Waals surface area contributed by atoms with E-state index in [1.54, 1.807) is 35.3 Å². The summed E-state index contributed by atoms with van der Waals surface area (Å²) in [5, 5.41) is 13.5. The Kier molecular flexibility index (Phi) is 9.19. The summed E-state index contributed by atoms with van der Waals surface area (Å²) in [6.45, 7) is 2.41. The van der Waals surface area contributed by atoms with Gasteiger partial charge in [-0.3, -0.25) is 23.7 Å². The maximum Gasteiger partial charge on any atom is 0.459 e. The first-order chi connectivity index (χ1) is 20.1. The van der Waals surface area contributed by atoms with E-state index in [2.05, 4.69) is 5.09 Å². The fraction of sp³-hybridized carbons (Fsp3) is 0.423. The monoisotopic (exact) mass is 633 g/mol. The molecule has 0 radical (unpaired) electrons. The molecule has 0 amide bonds. The van der Waals surface area contributed by atoms with Crippen LogP contribution in [0.5, 0.6) is 5.75 Å². The van der Waals surface area contributed by atoms with E-state index in [1.807, 2.05) is 0 Å². The molecule has 2 heterocycles. The Morgan fingerprint density at radius 2 is 1.81 bits per heavy atom. The SMILES string of the molecule is CC(C)OC(=O)C(C)NP(=O)(OCC1(C(F)F)OC(n2ccc(=O)[nH]c2=O)C(O)C1(F)F)Oc1cccc2ccccc12. The fourth-order valence-electron chi connectivity index (χ4n) is 4.31. The van der Waals surface area contributed by atoms with Crippen LogP contribution < -0.4 is 20.9 Å². The van der Waals surface area contributed by atoms with Gasteiger partial charge >= 0.3 is 25.3 Å². The van der Waals surface area contributed by atoms with Gasteiger partial charge in [-0.15, -0.1) is 0 Å². The summed E-state index contributed by atoms with van der Waals surface area (Å²) in [6.07, 6.45) is -9.47. The number of aromatic amines is 1. The van der Waals surface area contributed by atoms with E-state index in [9.17, 15) is 32.8 Å². The zero-order valence-electron chi connectivity index (χ0n) is 22.9. The summed E-state index contributed by atoms with van der Waals surface area (Å²) in [6, 6.07) is 10.4. The van der Waals surface area contributed by atoms with Crippen molar-refractivity contribution in [3.63, 3.8) is 0 Å². The number of ether oxygens (including phenoxy) is 2. The van der Waals surface area contributed by atoms with Crippen molar-refractivity contribution in [1.82, 2.24) is 14.6 Å². The molecule has 3 aromatic rings. The molecule has 234 valence electrons. The lowest BCUT2D eigenvalue weighted by Gasteiger charge is -2.34. The van der Waals surface area contributed by atoms with E-state index >= 15 is 8.78 Å². The van der Waals surface area contributed by atoms with Gasteiger partial charge in [0.1, 0.15) is 11.8 Å². The van der Waals surface area contributed by atoms with Gasteiger partial charge in [-0.05, 0) is 32.2 Å².